The minimum Gasteiger partial charge on any atom is -0.352 e. The number of nitrogens with one attached hydrogen (secondary N) is 1. The van der Waals surface area contributed by atoms with Crippen molar-refractivity contribution in [3.05, 3.63) is 48.0 Å². The van der Waals surface area contributed by atoms with Crippen LogP contribution in [0.15, 0.2) is 42.5 Å². The molecular formula is C21H30N2O. The van der Waals surface area contributed by atoms with E-state index in [1.165, 1.54) is 37.9 Å². The van der Waals surface area contributed by atoms with Crippen molar-refractivity contribution in [1.82, 2.24) is 10.2 Å². The molecule has 0 saturated carbocycles. The second kappa shape index (κ2) is 9.03. The Kier molecular flexibility index (Phi) is 6.48. The number of allylic oxidation sites excluding steroid dienone is 2. The normalized spacial score (nSPS) is 22.4. The van der Waals surface area contributed by atoms with Crippen molar-refractivity contribution in [2.24, 2.45) is 5.92 Å². The summed E-state index contributed by atoms with van der Waals surface area (Å²) in [5.74, 6) is 0.654. The van der Waals surface area contributed by atoms with E-state index < -0.39 is 0 Å². The molecule has 1 aromatic carbocycles. The van der Waals surface area contributed by atoms with Gasteiger partial charge in [0, 0.05) is 19.0 Å². The molecule has 24 heavy (non-hydrogen) atoms. The van der Waals surface area contributed by atoms with Crippen molar-refractivity contribution < 1.29 is 4.79 Å². The number of amides is 1. The fraction of sp³-hybridized carbons (Fsp3) is 0.571. The third-order valence-electron chi connectivity index (χ3n) is 5.18. The number of nitrogens with zero attached hydrogens (tertiary/aromatic N) is 1. The van der Waals surface area contributed by atoms with Crippen LogP contribution in [-0.2, 0) is 11.2 Å². The van der Waals surface area contributed by atoms with E-state index in [-0.39, 0.29) is 11.9 Å². The van der Waals surface area contributed by atoms with Crippen molar-refractivity contribution in [1.29, 1.82) is 0 Å². The van der Waals surface area contributed by atoms with Gasteiger partial charge in [0.25, 0.3) is 0 Å². The second-order valence-corrected chi connectivity index (χ2v) is 7.29. The Balaban J connectivity index is 1.57. The average Bonchev–Trinajstić information content (AvgIpc) is 3.09. The molecule has 1 aliphatic heterocycles. The van der Waals surface area contributed by atoms with Crippen molar-refractivity contribution >= 4 is 5.91 Å². The molecular weight excluding hydrogens is 296 g/mol. The van der Waals surface area contributed by atoms with E-state index >= 15 is 0 Å². The predicted octanol–water partition coefficient (Wildman–Crippen LogP) is 3.56. The molecule has 0 spiro atoms. The topological polar surface area (TPSA) is 32.3 Å². The summed E-state index contributed by atoms with van der Waals surface area (Å²) in [6, 6.07) is 10.7. The molecule has 1 aromatic rings. The fourth-order valence-corrected chi connectivity index (χ4v) is 3.90. The molecule has 3 rings (SSSR count). The van der Waals surface area contributed by atoms with Crippen LogP contribution in [-0.4, -0.2) is 36.5 Å². The van der Waals surface area contributed by atoms with E-state index in [4.69, 9.17) is 0 Å². The van der Waals surface area contributed by atoms with Gasteiger partial charge in [-0.15, -0.1) is 0 Å². The van der Waals surface area contributed by atoms with Gasteiger partial charge in [-0.3, -0.25) is 4.79 Å². The van der Waals surface area contributed by atoms with Gasteiger partial charge in [0.1, 0.15) is 0 Å². The molecule has 1 saturated heterocycles. The molecule has 0 unspecified atom stereocenters. The first-order chi connectivity index (χ1) is 11.8. The third-order valence-corrected chi connectivity index (χ3v) is 5.18. The van der Waals surface area contributed by atoms with Crippen LogP contribution in [0.4, 0.5) is 0 Å². The van der Waals surface area contributed by atoms with Gasteiger partial charge in [-0.05, 0) is 56.7 Å². The van der Waals surface area contributed by atoms with E-state index in [1.807, 2.05) is 6.07 Å². The Labute approximate surface area is 146 Å². The van der Waals surface area contributed by atoms with Crippen molar-refractivity contribution in [3.8, 4) is 0 Å². The van der Waals surface area contributed by atoms with Crippen molar-refractivity contribution in [3.63, 3.8) is 0 Å². The van der Waals surface area contributed by atoms with Gasteiger partial charge in [-0.1, -0.05) is 48.9 Å². The summed E-state index contributed by atoms with van der Waals surface area (Å²) in [7, 11) is 0. The largest absolute Gasteiger partial charge is 0.352 e. The van der Waals surface area contributed by atoms with Gasteiger partial charge in [0.15, 0.2) is 0 Å². The lowest BCUT2D eigenvalue weighted by Crippen LogP contribution is -2.46. The van der Waals surface area contributed by atoms with Gasteiger partial charge >= 0.3 is 0 Å². The van der Waals surface area contributed by atoms with Gasteiger partial charge in [0.05, 0.1) is 0 Å². The molecule has 1 N–H and O–H groups in total. The van der Waals surface area contributed by atoms with Crippen LogP contribution in [0.3, 0.4) is 0 Å². The number of likely N-dealkylation sites (tertiary alicyclic amines) is 1. The van der Waals surface area contributed by atoms with Gasteiger partial charge in [-0.2, -0.15) is 0 Å². The Morgan fingerprint density at radius 1 is 1.17 bits per heavy atom. The summed E-state index contributed by atoms with van der Waals surface area (Å²) < 4.78 is 0. The first-order valence-corrected chi connectivity index (χ1v) is 9.52. The first kappa shape index (κ1) is 17.2. The monoisotopic (exact) mass is 326 g/mol. The summed E-state index contributed by atoms with van der Waals surface area (Å²) >= 11 is 0. The molecule has 1 amide bonds. The second-order valence-electron chi connectivity index (χ2n) is 7.29. The molecule has 1 heterocycles. The van der Waals surface area contributed by atoms with Crippen LogP contribution in [0.5, 0.6) is 0 Å². The SMILES string of the molecule is O=C(C[C@@H]1C=CCC1)N[C@H](Cc1ccccc1)CN1CCCCC1. The number of carbonyl (C=O) groups is 1. The smallest absolute Gasteiger partial charge is 0.220 e. The zero-order valence-electron chi connectivity index (χ0n) is 14.6. The van der Waals surface area contributed by atoms with Crippen LogP contribution in [0, 0.1) is 5.92 Å². The summed E-state index contributed by atoms with van der Waals surface area (Å²) in [5.41, 5.74) is 1.31. The highest BCUT2D eigenvalue weighted by molar-refractivity contribution is 5.76. The predicted molar refractivity (Wildman–Crippen MR) is 98.8 cm³/mol. The maximum atomic E-state index is 12.5. The number of hydrogen-bond acceptors (Lipinski definition) is 2. The first-order valence-electron chi connectivity index (χ1n) is 9.52. The summed E-state index contributed by atoms with van der Waals surface area (Å²) in [6.45, 7) is 3.32. The van der Waals surface area contributed by atoms with Crippen molar-refractivity contribution in [2.75, 3.05) is 19.6 Å². The number of rotatable bonds is 7. The van der Waals surface area contributed by atoms with Crippen molar-refractivity contribution in [2.45, 2.75) is 51.0 Å². The van der Waals surface area contributed by atoms with Gasteiger partial charge in [0.2, 0.25) is 5.91 Å². The van der Waals surface area contributed by atoms with Crippen LogP contribution < -0.4 is 5.32 Å². The zero-order valence-corrected chi connectivity index (χ0v) is 14.6. The number of piperidine rings is 1. The lowest BCUT2D eigenvalue weighted by Gasteiger charge is -2.31. The molecule has 2 aliphatic rings. The Morgan fingerprint density at radius 3 is 2.67 bits per heavy atom. The molecule has 0 radical (unpaired) electrons. The van der Waals surface area contributed by atoms with Crippen LogP contribution >= 0.6 is 0 Å². The summed E-state index contributed by atoms with van der Waals surface area (Å²) in [6.07, 6.45) is 12.1. The van der Waals surface area contributed by atoms with E-state index in [0.717, 1.165) is 25.8 Å². The van der Waals surface area contributed by atoms with E-state index in [2.05, 4.69) is 46.6 Å². The van der Waals surface area contributed by atoms with Gasteiger partial charge < -0.3 is 10.2 Å². The standard InChI is InChI=1S/C21H30N2O/c24-21(16-19-11-5-6-12-19)22-20(15-18-9-3-1-4-10-18)17-23-13-7-2-8-14-23/h1,3-5,9-11,19-20H,2,6-8,12-17H2,(H,22,24)/t19-,20-/m1/s1. The van der Waals surface area contributed by atoms with Crippen LogP contribution in [0.2, 0.25) is 0 Å². The molecule has 130 valence electrons. The molecule has 2 atom stereocenters. The van der Waals surface area contributed by atoms with Crippen LogP contribution in [0.25, 0.3) is 0 Å². The quantitative estimate of drug-likeness (QED) is 0.777. The van der Waals surface area contributed by atoms with E-state index in [1.54, 1.807) is 0 Å². The lowest BCUT2D eigenvalue weighted by atomic mass is 10.0. The fourth-order valence-electron chi connectivity index (χ4n) is 3.90. The molecule has 1 aliphatic carbocycles. The summed E-state index contributed by atoms with van der Waals surface area (Å²) in [4.78, 5) is 15.0. The molecule has 0 aromatic heterocycles. The average molecular weight is 326 g/mol. The molecule has 1 fully saturated rings. The number of benzene rings is 1. The van der Waals surface area contributed by atoms with Crippen LogP contribution in [0.1, 0.15) is 44.1 Å². The Bertz CT molecular complexity index is 534. The Morgan fingerprint density at radius 2 is 1.96 bits per heavy atom. The lowest BCUT2D eigenvalue weighted by molar-refractivity contribution is -0.122. The highest BCUT2D eigenvalue weighted by atomic mass is 16.1. The minimum absolute atomic E-state index is 0.211. The Hall–Kier alpha value is -1.61. The summed E-state index contributed by atoms with van der Waals surface area (Å²) in [5, 5.41) is 3.33. The maximum Gasteiger partial charge on any atom is 0.220 e. The zero-order chi connectivity index (χ0) is 16.6. The highest BCUT2D eigenvalue weighted by Gasteiger charge is 2.20. The molecule has 3 heteroatoms. The highest BCUT2D eigenvalue weighted by Crippen LogP contribution is 2.20. The molecule has 3 nitrogen and oxygen atoms in total. The van der Waals surface area contributed by atoms with Gasteiger partial charge in [-0.25, -0.2) is 0 Å². The third kappa shape index (κ3) is 5.48. The minimum atomic E-state index is 0.211. The maximum absolute atomic E-state index is 12.5. The number of carbonyl (C=O) groups excluding carboxylic acids is 1. The number of hydrogen-bond donors (Lipinski definition) is 1. The van der Waals surface area contributed by atoms with E-state index in [0.29, 0.717) is 12.3 Å². The van der Waals surface area contributed by atoms with E-state index in [9.17, 15) is 4.79 Å². The molecule has 0 bridgehead atoms.